The number of carbonyl (C=O) groups excluding carboxylic acids is 2. The number of Topliss-reactive ketones (excluding diaryl/α,β-unsaturated/α-hetero) is 1. The highest BCUT2D eigenvalue weighted by Gasteiger charge is 2.45. The first-order chi connectivity index (χ1) is 15.3. The van der Waals surface area contributed by atoms with E-state index < -0.39 is 23.5 Å². The summed E-state index contributed by atoms with van der Waals surface area (Å²) >= 11 is 0. The number of rotatable bonds is 9. The standard InChI is InChI=1S/C25H29FN2O4/c1-4-16-32-20-12-8-17(9-13-20)22-21(23(29)18-6-10-19(26)11-7-18)24(30)25(31)28(22)15-5-14-27(2)3/h6-13,22,29H,4-5,14-16H2,1-3H3/b23-21+/t22-/m0/s1. The van der Waals surface area contributed by atoms with Crippen molar-refractivity contribution in [1.82, 2.24) is 9.80 Å². The van der Waals surface area contributed by atoms with Crippen molar-refractivity contribution in [3.8, 4) is 5.75 Å². The Kier molecular flexibility index (Phi) is 7.64. The predicted octanol–water partition coefficient (Wildman–Crippen LogP) is 3.99. The van der Waals surface area contributed by atoms with Gasteiger partial charge < -0.3 is 19.6 Å². The maximum absolute atomic E-state index is 13.4. The van der Waals surface area contributed by atoms with Gasteiger partial charge in [0.25, 0.3) is 11.7 Å². The van der Waals surface area contributed by atoms with Crippen molar-refractivity contribution in [2.75, 3.05) is 33.8 Å². The van der Waals surface area contributed by atoms with Gasteiger partial charge in [-0.15, -0.1) is 0 Å². The number of hydrogen-bond donors (Lipinski definition) is 1. The van der Waals surface area contributed by atoms with Crippen LogP contribution in [0.15, 0.2) is 54.1 Å². The first kappa shape index (κ1) is 23.5. The lowest BCUT2D eigenvalue weighted by molar-refractivity contribution is -0.139. The van der Waals surface area contributed by atoms with Crippen molar-refractivity contribution >= 4 is 17.4 Å². The van der Waals surface area contributed by atoms with Gasteiger partial charge in [0, 0.05) is 12.1 Å². The Morgan fingerprint density at radius 3 is 2.34 bits per heavy atom. The molecule has 3 rings (SSSR count). The minimum absolute atomic E-state index is 0.00804. The molecule has 0 saturated carbocycles. The minimum Gasteiger partial charge on any atom is -0.507 e. The molecule has 2 aromatic rings. The second kappa shape index (κ2) is 10.4. The molecule has 6 nitrogen and oxygen atoms in total. The molecular weight excluding hydrogens is 411 g/mol. The van der Waals surface area contributed by atoms with E-state index in [0.717, 1.165) is 13.0 Å². The lowest BCUT2D eigenvalue weighted by Gasteiger charge is -2.26. The second-order valence-electron chi connectivity index (χ2n) is 8.07. The van der Waals surface area contributed by atoms with Gasteiger partial charge in [-0.05, 0) is 75.4 Å². The van der Waals surface area contributed by atoms with Crippen LogP contribution in [0.2, 0.25) is 0 Å². The highest BCUT2D eigenvalue weighted by molar-refractivity contribution is 6.46. The van der Waals surface area contributed by atoms with E-state index in [1.165, 1.54) is 29.2 Å². The average Bonchev–Trinajstić information content (AvgIpc) is 3.03. The fraction of sp³-hybridized carbons (Fsp3) is 0.360. The monoisotopic (exact) mass is 440 g/mol. The van der Waals surface area contributed by atoms with Crippen LogP contribution in [0.25, 0.3) is 5.76 Å². The summed E-state index contributed by atoms with van der Waals surface area (Å²) < 4.78 is 19.0. The van der Waals surface area contributed by atoms with Gasteiger partial charge in [-0.2, -0.15) is 0 Å². The molecule has 1 aliphatic heterocycles. The van der Waals surface area contributed by atoms with Crippen LogP contribution >= 0.6 is 0 Å². The molecule has 0 unspecified atom stereocenters. The maximum Gasteiger partial charge on any atom is 0.295 e. The number of aliphatic hydroxyl groups excluding tert-OH is 1. The number of nitrogens with zero attached hydrogens (tertiary/aromatic N) is 2. The molecular formula is C25H29FN2O4. The minimum atomic E-state index is -0.743. The number of ether oxygens (including phenoxy) is 1. The van der Waals surface area contributed by atoms with Crippen LogP contribution in [0.3, 0.4) is 0 Å². The van der Waals surface area contributed by atoms with E-state index >= 15 is 0 Å². The van der Waals surface area contributed by atoms with Gasteiger partial charge in [0.2, 0.25) is 0 Å². The second-order valence-corrected chi connectivity index (χ2v) is 8.07. The number of aliphatic hydroxyl groups is 1. The number of ketones is 1. The van der Waals surface area contributed by atoms with Crippen molar-refractivity contribution in [2.45, 2.75) is 25.8 Å². The molecule has 0 radical (unpaired) electrons. The molecule has 1 atom stereocenters. The van der Waals surface area contributed by atoms with Crippen LogP contribution in [-0.2, 0) is 9.59 Å². The number of amides is 1. The molecule has 7 heteroatoms. The number of hydrogen-bond acceptors (Lipinski definition) is 5. The Morgan fingerprint density at radius 1 is 1.09 bits per heavy atom. The van der Waals surface area contributed by atoms with Crippen molar-refractivity contribution in [3.05, 3.63) is 71.0 Å². The molecule has 32 heavy (non-hydrogen) atoms. The lowest BCUT2D eigenvalue weighted by Crippen LogP contribution is -2.32. The summed E-state index contributed by atoms with van der Waals surface area (Å²) in [4.78, 5) is 29.4. The summed E-state index contributed by atoms with van der Waals surface area (Å²) in [7, 11) is 3.88. The SMILES string of the molecule is CCCOc1ccc([C@H]2/C(=C(\O)c3ccc(F)cc3)C(=O)C(=O)N2CCCN(C)C)cc1. The highest BCUT2D eigenvalue weighted by atomic mass is 19.1. The Morgan fingerprint density at radius 2 is 1.75 bits per heavy atom. The van der Waals surface area contributed by atoms with Gasteiger partial charge in [-0.3, -0.25) is 9.59 Å². The van der Waals surface area contributed by atoms with Gasteiger partial charge in [-0.25, -0.2) is 4.39 Å². The van der Waals surface area contributed by atoms with Crippen molar-refractivity contribution in [3.63, 3.8) is 0 Å². The summed E-state index contributed by atoms with van der Waals surface area (Å²) in [6, 6.07) is 11.7. The van der Waals surface area contributed by atoms with Crippen LogP contribution in [0.1, 0.15) is 36.9 Å². The van der Waals surface area contributed by atoms with E-state index in [1.807, 2.05) is 25.9 Å². The summed E-state index contributed by atoms with van der Waals surface area (Å²) in [6.45, 7) is 3.72. The Bertz CT molecular complexity index is 984. The zero-order valence-electron chi connectivity index (χ0n) is 18.7. The Hall–Kier alpha value is -3.19. The smallest absolute Gasteiger partial charge is 0.295 e. The Balaban J connectivity index is 2.03. The van der Waals surface area contributed by atoms with Gasteiger partial charge in [-0.1, -0.05) is 19.1 Å². The van der Waals surface area contributed by atoms with E-state index in [0.29, 0.717) is 30.9 Å². The first-order valence-electron chi connectivity index (χ1n) is 10.7. The summed E-state index contributed by atoms with van der Waals surface area (Å²) in [5, 5.41) is 11.0. The van der Waals surface area contributed by atoms with Crippen LogP contribution in [0.4, 0.5) is 4.39 Å². The highest BCUT2D eigenvalue weighted by Crippen LogP contribution is 2.39. The normalized spacial score (nSPS) is 17.9. The Labute approximate surface area is 187 Å². The lowest BCUT2D eigenvalue weighted by atomic mass is 9.95. The number of benzene rings is 2. The molecule has 1 saturated heterocycles. The van der Waals surface area contributed by atoms with Crippen molar-refractivity contribution in [1.29, 1.82) is 0 Å². The van der Waals surface area contributed by atoms with E-state index in [-0.39, 0.29) is 16.9 Å². The zero-order valence-corrected chi connectivity index (χ0v) is 18.7. The molecule has 1 amide bonds. The first-order valence-corrected chi connectivity index (χ1v) is 10.7. The van der Waals surface area contributed by atoms with Gasteiger partial charge in [0.1, 0.15) is 17.3 Å². The summed E-state index contributed by atoms with van der Waals surface area (Å²) in [5.74, 6) is -1.46. The molecule has 2 aromatic carbocycles. The number of halogens is 1. The van der Waals surface area contributed by atoms with Gasteiger partial charge >= 0.3 is 0 Å². The third-order valence-electron chi connectivity index (χ3n) is 5.33. The molecule has 0 aromatic heterocycles. The van der Waals surface area contributed by atoms with Crippen molar-refractivity contribution in [2.24, 2.45) is 0 Å². The zero-order chi connectivity index (χ0) is 23.3. The van der Waals surface area contributed by atoms with Crippen LogP contribution in [-0.4, -0.2) is 60.4 Å². The molecule has 1 fully saturated rings. The fourth-order valence-electron chi connectivity index (χ4n) is 3.74. The molecule has 1 N–H and O–H groups in total. The van der Waals surface area contributed by atoms with Gasteiger partial charge in [0.15, 0.2) is 0 Å². The maximum atomic E-state index is 13.4. The van der Waals surface area contributed by atoms with Crippen LogP contribution in [0, 0.1) is 5.82 Å². The molecule has 1 aliphatic rings. The van der Waals surface area contributed by atoms with E-state index in [1.54, 1.807) is 24.3 Å². The number of likely N-dealkylation sites (tertiary alicyclic amines) is 1. The van der Waals surface area contributed by atoms with Crippen LogP contribution in [0.5, 0.6) is 5.75 Å². The fourth-order valence-corrected chi connectivity index (χ4v) is 3.74. The molecule has 1 heterocycles. The largest absolute Gasteiger partial charge is 0.507 e. The molecule has 0 spiro atoms. The molecule has 170 valence electrons. The van der Waals surface area contributed by atoms with Crippen LogP contribution < -0.4 is 4.74 Å². The van der Waals surface area contributed by atoms with E-state index in [4.69, 9.17) is 4.74 Å². The quantitative estimate of drug-likeness (QED) is 0.363. The third-order valence-corrected chi connectivity index (χ3v) is 5.33. The number of carbonyl (C=O) groups is 2. The predicted molar refractivity (Wildman–Crippen MR) is 121 cm³/mol. The van der Waals surface area contributed by atoms with E-state index in [2.05, 4.69) is 0 Å². The molecule has 0 bridgehead atoms. The van der Waals surface area contributed by atoms with Crippen molar-refractivity contribution < 1.29 is 23.8 Å². The average molecular weight is 441 g/mol. The third kappa shape index (κ3) is 5.16. The summed E-state index contributed by atoms with van der Waals surface area (Å²) in [5.41, 5.74) is 0.987. The topological polar surface area (TPSA) is 70.1 Å². The molecule has 0 aliphatic carbocycles. The summed E-state index contributed by atoms with van der Waals surface area (Å²) in [6.07, 6.45) is 1.55. The van der Waals surface area contributed by atoms with Gasteiger partial charge in [0.05, 0.1) is 18.2 Å². The van der Waals surface area contributed by atoms with E-state index in [9.17, 15) is 19.1 Å².